The normalized spacial score (nSPS) is 14.4. The van der Waals surface area contributed by atoms with E-state index in [4.69, 9.17) is 4.74 Å². The molecule has 1 aliphatic heterocycles. The van der Waals surface area contributed by atoms with Crippen LogP contribution < -0.4 is 4.74 Å². The molecular weight excluding hydrogens is 392 g/mol. The highest BCUT2D eigenvalue weighted by molar-refractivity contribution is 5.94. The number of nitrogens with zero attached hydrogens (tertiary/aromatic N) is 4. The van der Waals surface area contributed by atoms with Crippen molar-refractivity contribution >= 4 is 11.8 Å². The van der Waals surface area contributed by atoms with Crippen molar-refractivity contribution in [2.24, 2.45) is 0 Å². The number of rotatable bonds is 6. The van der Waals surface area contributed by atoms with Crippen molar-refractivity contribution < 1.29 is 14.3 Å². The fraction of sp³-hybridized carbons (Fsp3) is 0.375. The summed E-state index contributed by atoms with van der Waals surface area (Å²) in [4.78, 5) is 30.6. The second-order valence-electron chi connectivity index (χ2n) is 7.80. The molecule has 2 aromatic carbocycles. The number of amides is 2. The lowest BCUT2D eigenvalue weighted by molar-refractivity contribution is -0.129. The molecule has 0 spiro atoms. The molecule has 0 saturated carbocycles. The van der Waals surface area contributed by atoms with Crippen LogP contribution in [0.15, 0.2) is 48.5 Å². The van der Waals surface area contributed by atoms with Crippen LogP contribution in [-0.2, 0) is 11.4 Å². The van der Waals surface area contributed by atoms with Gasteiger partial charge < -0.3 is 14.5 Å². The summed E-state index contributed by atoms with van der Waals surface area (Å²) in [5, 5.41) is 9.21. The summed E-state index contributed by atoms with van der Waals surface area (Å²) in [6.45, 7) is 3.35. The molecule has 0 bridgehead atoms. The maximum absolute atomic E-state index is 13.1. The molecule has 0 unspecified atom stereocenters. The first-order chi connectivity index (χ1) is 15.0. The molecule has 162 valence electrons. The Hall–Kier alpha value is -3.37. The number of carbonyl (C=O) groups is 2. The Morgan fingerprint density at radius 2 is 1.87 bits per heavy atom. The van der Waals surface area contributed by atoms with E-state index in [2.05, 4.69) is 11.0 Å². The fourth-order valence-electron chi connectivity index (χ4n) is 3.48. The number of benzene rings is 2. The number of nitriles is 1. The summed E-state index contributed by atoms with van der Waals surface area (Å²) >= 11 is 0. The molecule has 2 amide bonds. The Balaban J connectivity index is 1.61. The van der Waals surface area contributed by atoms with Crippen LogP contribution in [0.5, 0.6) is 5.75 Å². The van der Waals surface area contributed by atoms with Crippen LogP contribution in [0.1, 0.15) is 27.9 Å². The molecular formula is C24H28N4O3. The zero-order valence-electron chi connectivity index (χ0n) is 18.1. The Morgan fingerprint density at radius 1 is 1.06 bits per heavy atom. The average Bonchev–Trinajstić information content (AvgIpc) is 3.03. The lowest BCUT2D eigenvalue weighted by Gasteiger charge is -2.23. The SMILES string of the molecule is CN(C)C(=O)CN1CCCN(C(=O)c2cccc(OCc3ccccc3C#N)c2)CC1. The van der Waals surface area contributed by atoms with Gasteiger partial charge >= 0.3 is 0 Å². The van der Waals surface area contributed by atoms with Crippen LogP contribution in [-0.4, -0.2) is 73.3 Å². The van der Waals surface area contributed by atoms with E-state index in [0.717, 1.165) is 18.5 Å². The van der Waals surface area contributed by atoms with E-state index >= 15 is 0 Å². The monoisotopic (exact) mass is 420 g/mol. The van der Waals surface area contributed by atoms with Gasteiger partial charge in [0.05, 0.1) is 18.2 Å². The van der Waals surface area contributed by atoms with Crippen LogP contribution in [0, 0.1) is 11.3 Å². The van der Waals surface area contributed by atoms with Gasteiger partial charge in [-0.1, -0.05) is 24.3 Å². The summed E-state index contributed by atoms with van der Waals surface area (Å²) in [6.07, 6.45) is 0.827. The van der Waals surface area contributed by atoms with Gasteiger partial charge in [0.1, 0.15) is 12.4 Å². The molecule has 7 heteroatoms. The quantitative estimate of drug-likeness (QED) is 0.717. The van der Waals surface area contributed by atoms with E-state index in [1.54, 1.807) is 43.3 Å². The van der Waals surface area contributed by atoms with Crippen LogP contribution in [0.25, 0.3) is 0 Å². The van der Waals surface area contributed by atoms with E-state index in [1.807, 2.05) is 29.2 Å². The zero-order chi connectivity index (χ0) is 22.2. The second-order valence-corrected chi connectivity index (χ2v) is 7.80. The predicted octanol–water partition coefficient (Wildman–Crippen LogP) is 2.37. The summed E-state index contributed by atoms with van der Waals surface area (Å²) in [7, 11) is 3.51. The highest BCUT2D eigenvalue weighted by atomic mass is 16.5. The third-order valence-electron chi connectivity index (χ3n) is 5.35. The predicted molar refractivity (Wildman–Crippen MR) is 118 cm³/mol. The van der Waals surface area contributed by atoms with E-state index in [0.29, 0.717) is 43.1 Å². The lowest BCUT2D eigenvalue weighted by Crippen LogP contribution is -2.39. The van der Waals surface area contributed by atoms with Gasteiger partial charge in [-0.2, -0.15) is 5.26 Å². The van der Waals surface area contributed by atoms with E-state index in [1.165, 1.54) is 0 Å². The number of ether oxygens (including phenoxy) is 1. The largest absolute Gasteiger partial charge is 0.489 e. The Kier molecular flexibility index (Phi) is 7.63. The van der Waals surface area contributed by atoms with Crippen molar-refractivity contribution in [2.45, 2.75) is 13.0 Å². The molecule has 2 aromatic rings. The Morgan fingerprint density at radius 3 is 2.65 bits per heavy atom. The van der Waals surface area contributed by atoms with Gasteiger partial charge in [0.15, 0.2) is 0 Å². The Bertz CT molecular complexity index is 967. The summed E-state index contributed by atoms with van der Waals surface area (Å²) in [5.74, 6) is 0.623. The molecule has 1 saturated heterocycles. The molecule has 1 aliphatic rings. The number of hydrogen-bond acceptors (Lipinski definition) is 5. The van der Waals surface area contributed by atoms with E-state index in [9.17, 15) is 14.9 Å². The third-order valence-corrected chi connectivity index (χ3v) is 5.35. The van der Waals surface area contributed by atoms with Gasteiger partial charge in [-0.3, -0.25) is 14.5 Å². The van der Waals surface area contributed by atoms with Gasteiger partial charge in [0.25, 0.3) is 5.91 Å². The van der Waals surface area contributed by atoms with Gasteiger partial charge in [0, 0.05) is 51.4 Å². The lowest BCUT2D eigenvalue weighted by atomic mass is 10.1. The molecule has 0 aliphatic carbocycles. The van der Waals surface area contributed by atoms with Crippen LogP contribution >= 0.6 is 0 Å². The molecule has 0 N–H and O–H groups in total. The van der Waals surface area contributed by atoms with Gasteiger partial charge in [0.2, 0.25) is 5.91 Å². The van der Waals surface area contributed by atoms with Crippen molar-refractivity contribution in [1.29, 1.82) is 5.26 Å². The van der Waals surface area contributed by atoms with Crippen LogP contribution in [0.4, 0.5) is 0 Å². The molecule has 31 heavy (non-hydrogen) atoms. The topological polar surface area (TPSA) is 76.9 Å². The smallest absolute Gasteiger partial charge is 0.254 e. The second kappa shape index (κ2) is 10.6. The third kappa shape index (κ3) is 6.06. The fourth-order valence-corrected chi connectivity index (χ4v) is 3.48. The first-order valence-electron chi connectivity index (χ1n) is 10.4. The summed E-state index contributed by atoms with van der Waals surface area (Å²) in [5.41, 5.74) is 1.96. The molecule has 0 aromatic heterocycles. The summed E-state index contributed by atoms with van der Waals surface area (Å²) in [6, 6.07) is 16.6. The minimum Gasteiger partial charge on any atom is -0.489 e. The number of likely N-dealkylation sites (N-methyl/N-ethyl adjacent to an activating group) is 1. The maximum atomic E-state index is 13.1. The first kappa shape index (κ1) is 22.3. The van der Waals surface area contributed by atoms with Crippen molar-refractivity contribution in [2.75, 3.05) is 46.8 Å². The average molecular weight is 421 g/mol. The standard InChI is InChI=1S/C24H28N4O3/c1-26(2)23(29)17-27-11-6-12-28(14-13-27)24(30)19-9-5-10-22(15-19)31-18-21-8-4-3-7-20(21)16-25/h3-5,7-10,15H,6,11-14,17-18H2,1-2H3. The van der Waals surface area contributed by atoms with Crippen molar-refractivity contribution in [3.8, 4) is 11.8 Å². The highest BCUT2D eigenvalue weighted by Crippen LogP contribution is 2.18. The number of carbonyl (C=O) groups excluding carboxylic acids is 2. The minimum atomic E-state index is -0.0383. The van der Waals surface area contributed by atoms with Gasteiger partial charge in [-0.15, -0.1) is 0 Å². The van der Waals surface area contributed by atoms with Crippen molar-refractivity contribution in [1.82, 2.24) is 14.7 Å². The molecule has 1 fully saturated rings. The van der Waals surface area contributed by atoms with E-state index in [-0.39, 0.29) is 18.4 Å². The van der Waals surface area contributed by atoms with Crippen molar-refractivity contribution in [3.05, 3.63) is 65.2 Å². The van der Waals surface area contributed by atoms with Crippen LogP contribution in [0.3, 0.4) is 0 Å². The van der Waals surface area contributed by atoms with Gasteiger partial charge in [-0.05, 0) is 30.7 Å². The molecule has 0 atom stereocenters. The molecule has 0 radical (unpaired) electrons. The Labute approximate surface area is 183 Å². The molecule has 7 nitrogen and oxygen atoms in total. The van der Waals surface area contributed by atoms with Gasteiger partial charge in [-0.25, -0.2) is 0 Å². The molecule has 3 rings (SSSR count). The summed E-state index contributed by atoms with van der Waals surface area (Å²) < 4.78 is 5.85. The highest BCUT2D eigenvalue weighted by Gasteiger charge is 2.22. The maximum Gasteiger partial charge on any atom is 0.254 e. The minimum absolute atomic E-state index is 0.0383. The molecule has 1 heterocycles. The van der Waals surface area contributed by atoms with E-state index < -0.39 is 0 Å². The zero-order valence-corrected chi connectivity index (χ0v) is 18.1. The number of hydrogen-bond donors (Lipinski definition) is 0. The van der Waals surface area contributed by atoms with Crippen molar-refractivity contribution in [3.63, 3.8) is 0 Å². The first-order valence-corrected chi connectivity index (χ1v) is 10.4. The van der Waals surface area contributed by atoms with Crippen LogP contribution in [0.2, 0.25) is 0 Å².